The Labute approximate surface area is 115 Å². The lowest BCUT2D eigenvalue weighted by atomic mass is 9.85. The van der Waals surface area contributed by atoms with Crippen molar-refractivity contribution in [1.82, 2.24) is 4.90 Å². The second-order valence-electron chi connectivity index (χ2n) is 4.67. The molecule has 1 aliphatic rings. The fourth-order valence-electron chi connectivity index (χ4n) is 2.07. The van der Waals surface area contributed by atoms with Crippen LogP contribution in [0, 0.1) is 0 Å². The maximum atomic E-state index is 11.7. The lowest BCUT2D eigenvalue weighted by Crippen LogP contribution is -2.47. The first-order valence-corrected chi connectivity index (χ1v) is 6.18. The van der Waals surface area contributed by atoms with Gasteiger partial charge in [-0.15, -0.1) is 0 Å². The van der Waals surface area contributed by atoms with Crippen molar-refractivity contribution >= 4 is 35.7 Å². The summed E-state index contributed by atoms with van der Waals surface area (Å²) < 4.78 is 15.8. The van der Waals surface area contributed by atoms with E-state index in [9.17, 15) is 9.59 Å². The van der Waals surface area contributed by atoms with Crippen LogP contribution in [0.15, 0.2) is 34.7 Å². The molecule has 1 aromatic carbocycles. The maximum absolute atomic E-state index is 11.7. The van der Waals surface area contributed by atoms with Crippen molar-refractivity contribution in [2.24, 2.45) is 0 Å². The van der Waals surface area contributed by atoms with E-state index in [1.165, 1.54) is 4.90 Å². The van der Waals surface area contributed by atoms with Crippen LogP contribution < -0.4 is 5.66 Å². The van der Waals surface area contributed by atoms with Crippen LogP contribution in [0.5, 0.6) is 0 Å². The topological polar surface area (TPSA) is 69.0 Å². The summed E-state index contributed by atoms with van der Waals surface area (Å²) in [7, 11) is 0.514. The lowest BCUT2D eigenvalue weighted by Gasteiger charge is -2.21. The van der Waals surface area contributed by atoms with Gasteiger partial charge in [-0.25, -0.2) is 0 Å². The molecule has 7 heteroatoms. The number of fused-ring (bicyclic) bond motifs is 1. The van der Waals surface area contributed by atoms with Gasteiger partial charge in [0.05, 0.1) is 13.1 Å². The normalized spacial score (nSPS) is 17.6. The highest BCUT2D eigenvalue weighted by Crippen LogP contribution is 2.14. The molecule has 6 nitrogen and oxygen atoms in total. The van der Waals surface area contributed by atoms with Crippen molar-refractivity contribution in [3.8, 4) is 0 Å². The van der Waals surface area contributed by atoms with E-state index in [1.54, 1.807) is 19.2 Å². The molecule has 1 aliphatic heterocycles. The van der Waals surface area contributed by atoms with Crippen LogP contribution in [-0.2, 0) is 18.9 Å². The van der Waals surface area contributed by atoms with Gasteiger partial charge >= 0.3 is 19.1 Å². The predicted molar refractivity (Wildman–Crippen MR) is 71.3 cm³/mol. The summed E-state index contributed by atoms with van der Waals surface area (Å²) in [6, 6.07) is 9.06. The molecule has 0 spiro atoms. The van der Waals surface area contributed by atoms with Gasteiger partial charge in [-0.2, -0.15) is 0 Å². The molecule has 2 aromatic rings. The fraction of sp³-hybridized carbons (Fsp3) is 0.231. The molecular weight excluding hydrogens is 261 g/mol. The zero-order valence-corrected chi connectivity index (χ0v) is 10.9. The van der Waals surface area contributed by atoms with E-state index in [1.807, 2.05) is 18.2 Å². The van der Waals surface area contributed by atoms with Crippen LogP contribution in [0.4, 0.5) is 0 Å². The first-order chi connectivity index (χ1) is 9.61. The third-order valence-electron chi connectivity index (χ3n) is 2.95. The quantitative estimate of drug-likeness (QED) is 0.689. The minimum atomic E-state index is -1.13. The first-order valence-electron chi connectivity index (χ1n) is 6.18. The van der Waals surface area contributed by atoms with Gasteiger partial charge in [0.1, 0.15) is 5.58 Å². The van der Waals surface area contributed by atoms with E-state index in [0.717, 1.165) is 5.39 Å². The number of furan rings is 1. The standard InChI is InChI=1S/C13H12BNO5/c1-15-7-12(16)19-14(20-13(17)8-15)11-6-9-4-2-3-5-10(9)18-11/h2-6H,7-8H2,1H3. The van der Waals surface area contributed by atoms with Gasteiger partial charge in [0.25, 0.3) is 0 Å². The van der Waals surface area contributed by atoms with Gasteiger partial charge < -0.3 is 13.7 Å². The van der Waals surface area contributed by atoms with Crippen LogP contribution in [0.25, 0.3) is 11.0 Å². The van der Waals surface area contributed by atoms with Crippen molar-refractivity contribution in [2.45, 2.75) is 0 Å². The average molecular weight is 273 g/mol. The molecular formula is C13H12BNO5. The highest BCUT2D eigenvalue weighted by molar-refractivity contribution is 6.63. The Balaban J connectivity index is 1.90. The molecule has 1 aromatic heterocycles. The van der Waals surface area contributed by atoms with E-state index in [-0.39, 0.29) is 13.1 Å². The number of likely N-dealkylation sites (N-methyl/N-ethyl adjacent to an activating group) is 1. The number of hydrogen-bond donors (Lipinski definition) is 0. The molecule has 0 N–H and O–H groups in total. The molecule has 0 aliphatic carbocycles. The van der Waals surface area contributed by atoms with Crippen molar-refractivity contribution < 1.29 is 23.3 Å². The second-order valence-corrected chi connectivity index (χ2v) is 4.67. The van der Waals surface area contributed by atoms with E-state index < -0.39 is 19.1 Å². The van der Waals surface area contributed by atoms with Crippen LogP contribution in [0.1, 0.15) is 0 Å². The number of rotatable bonds is 1. The Morgan fingerprint density at radius 1 is 1.10 bits per heavy atom. The summed E-state index contributed by atoms with van der Waals surface area (Å²) in [5.41, 5.74) is 0.950. The van der Waals surface area contributed by atoms with Crippen molar-refractivity contribution in [3.63, 3.8) is 0 Å². The number of benzene rings is 1. The van der Waals surface area contributed by atoms with Gasteiger partial charge in [-0.3, -0.25) is 14.5 Å². The Bertz CT molecular complexity index is 615. The molecule has 1 fully saturated rings. The van der Waals surface area contributed by atoms with Crippen LogP contribution in [0.2, 0.25) is 0 Å². The third kappa shape index (κ3) is 2.53. The monoisotopic (exact) mass is 273 g/mol. The van der Waals surface area contributed by atoms with Gasteiger partial charge in [-0.1, -0.05) is 18.2 Å². The number of nitrogens with zero attached hydrogens (tertiary/aromatic N) is 1. The van der Waals surface area contributed by atoms with Gasteiger partial charge in [0, 0.05) is 5.39 Å². The molecule has 20 heavy (non-hydrogen) atoms. The Morgan fingerprint density at radius 3 is 2.40 bits per heavy atom. The molecule has 3 rings (SSSR count). The second kappa shape index (κ2) is 5.01. The first kappa shape index (κ1) is 12.7. The van der Waals surface area contributed by atoms with Crippen LogP contribution in [0.3, 0.4) is 0 Å². The van der Waals surface area contributed by atoms with Gasteiger partial charge in [0.15, 0.2) is 5.66 Å². The van der Waals surface area contributed by atoms with E-state index in [2.05, 4.69) is 0 Å². The maximum Gasteiger partial charge on any atom is 0.674 e. The fourth-order valence-corrected chi connectivity index (χ4v) is 2.07. The molecule has 0 unspecified atom stereocenters. The minimum Gasteiger partial charge on any atom is -0.492 e. The summed E-state index contributed by atoms with van der Waals surface area (Å²) >= 11 is 0. The van der Waals surface area contributed by atoms with Crippen molar-refractivity contribution in [3.05, 3.63) is 30.3 Å². The average Bonchev–Trinajstić information content (AvgIpc) is 2.79. The molecule has 102 valence electrons. The highest BCUT2D eigenvalue weighted by Gasteiger charge is 2.36. The van der Waals surface area contributed by atoms with Crippen molar-refractivity contribution in [2.75, 3.05) is 20.1 Å². The SMILES string of the molecule is CN1CC(=O)OB(c2cc3ccccc3o2)OC(=O)C1. The van der Waals surface area contributed by atoms with E-state index in [4.69, 9.17) is 13.7 Å². The molecule has 2 heterocycles. The summed E-state index contributed by atoms with van der Waals surface area (Å²) in [5.74, 6) is -0.934. The highest BCUT2D eigenvalue weighted by atomic mass is 16.6. The Morgan fingerprint density at radius 2 is 1.75 bits per heavy atom. The third-order valence-corrected chi connectivity index (χ3v) is 2.95. The number of hydrogen-bond acceptors (Lipinski definition) is 6. The zero-order chi connectivity index (χ0) is 14.1. The van der Waals surface area contributed by atoms with Gasteiger partial charge in [-0.05, 0) is 19.2 Å². The molecule has 0 radical (unpaired) electrons. The Kier molecular flexibility index (Phi) is 3.19. The lowest BCUT2D eigenvalue weighted by molar-refractivity contribution is -0.145. The number of carbonyl (C=O) groups excluding carboxylic acids is 2. The summed E-state index contributed by atoms with van der Waals surface area (Å²) in [5, 5.41) is 0.855. The Hall–Kier alpha value is -2.28. The van der Waals surface area contributed by atoms with E-state index >= 15 is 0 Å². The van der Waals surface area contributed by atoms with Crippen LogP contribution in [-0.4, -0.2) is 44.1 Å². The van der Waals surface area contributed by atoms with Gasteiger partial charge in [0.2, 0.25) is 0 Å². The molecule has 0 amide bonds. The zero-order valence-electron chi connectivity index (χ0n) is 10.9. The predicted octanol–water partition coefficient (Wildman–Crippen LogP) is 0.160. The number of carbonyl (C=O) groups is 2. The summed E-state index contributed by atoms with van der Waals surface area (Å²) in [4.78, 5) is 24.8. The largest absolute Gasteiger partial charge is 0.674 e. The number of para-hydroxylation sites is 1. The van der Waals surface area contributed by atoms with Crippen LogP contribution >= 0.6 is 0 Å². The molecule has 1 saturated heterocycles. The molecule has 0 atom stereocenters. The minimum absolute atomic E-state index is 0.0336. The summed E-state index contributed by atoms with van der Waals surface area (Å²) in [6.07, 6.45) is 0. The molecule has 0 bridgehead atoms. The molecule has 0 saturated carbocycles. The van der Waals surface area contributed by atoms with Crippen molar-refractivity contribution in [1.29, 1.82) is 0 Å². The van der Waals surface area contributed by atoms with E-state index in [0.29, 0.717) is 11.2 Å². The summed E-state index contributed by atoms with van der Waals surface area (Å²) in [6.45, 7) is 0.0671. The smallest absolute Gasteiger partial charge is 0.492 e.